The van der Waals surface area contributed by atoms with Crippen molar-refractivity contribution in [1.29, 1.82) is 0 Å². The molecule has 2 rings (SSSR count). The third-order valence-electron chi connectivity index (χ3n) is 2.26. The maximum atomic E-state index is 5.70. The van der Waals surface area contributed by atoms with Crippen LogP contribution in [0.5, 0.6) is 0 Å². The van der Waals surface area contributed by atoms with Gasteiger partial charge in [-0.1, -0.05) is 0 Å². The molecule has 1 aliphatic rings. The first-order valence-electron chi connectivity index (χ1n) is 4.29. The number of nitrogens with one attached hydrogen (secondary N) is 1. The summed E-state index contributed by atoms with van der Waals surface area (Å²) in [5, 5.41) is 6.75. The Bertz CT molecular complexity index is 339. The molecule has 0 spiro atoms. The van der Waals surface area contributed by atoms with E-state index in [2.05, 4.69) is 10.2 Å². The normalized spacial score (nSPS) is 23.2. The molecule has 0 saturated carbocycles. The van der Waals surface area contributed by atoms with Gasteiger partial charge >= 0.3 is 0 Å². The molecule has 0 radical (unpaired) electrons. The van der Waals surface area contributed by atoms with Crippen molar-refractivity contribution in [2.75, 3.05) is 19.1 Å². The number of H-pyrrole nitrogens is 1. The monoisotopic (exact) mass is 200 g/mol. The molecule has 1 aromatic rings. The zero-order valence-electron chi connectivity index (χ0n) is 7.19. The lowest BCUT2D eigenvalue weighted by Crippen LogP contribution is -2.22. The Labute approximate surface area is 80.9 Å². The molecular formula is C7H12N4OS. The van der Waals surface area contributed by atoms with Crippen LogP contribution in [0.15, 0.2) is 0 Å². The predicted molar refractivity (Wildman–Crippen MR) is 50.4 cm³/mol. The second-order valence-corrected chi connectivity index (χ2v) is 3.56. The first-order valence-corrected chi connectivity index (χ1v) is 4.70. The third-order valence-corrected chi connectivity index (χ3v) is 2.55. The summed E-state index contributed by atoms with van der Waals surface area (Å²) in [5.74, 6) is 6.78. The predicted octanol–water partition coefficient (Wildman–Crippen LogP) is 0.548. The average molecular weight is 200 g/mol. The van der Waals surface area contributed by atoms with E-state index >= 15 is 0 Å². The fourth-order valence-electron chi connectivity index (χ4n) is 1.55. The number of hydrogen-bond donors (Lipinski definition) is 2. The molecule has 72 valence electrons. The van der Waals surface area contributed by atoms with E-state index in [0.717, 1.165) is 25.3 Å². The van der Waals surface area contributed by atoms with Crippen LogP contribution in [-0.2, 0) is 4.74 Å². The van der Waals surface area contributed by atoms with Gasteiger partial charge in [0.25, 0.3) is 0 Å². The molecule has 5 nitrogen and oxygen atoms in total. The van der Waals surface area contributed by atoms with E-state index in [1.165, 1.54) is 4.68 Å². The fraction of sp³-hybridized carbons (Fsp3) is 0.714. The standard InChI is InChI=1S/C7H12N4OS/c8-11-6(9-10-7(11)13)5-2-1-3-12-4-5/h5H,1-4,8H2,(H,10,13). The van der Waals surface area contributed by atoms with Crippen molar-refractivity contribution in [3.05, 3.63) is 10.6 Å². The Morgan fingerprint density at radius 3 is 3.08 bits per heavy atom. The van der Waals surface area contributed by atoms with Crippen molar-refractivity contribution in [1.82, 2.24) is 14.9 Å². The van der Waals surface area contributed by atoms with Gasteiger partial charge in [0.1, 0.15) is 0 Å². The van der Waals surface area contributed by atoms with Gasteiger partial charge in [-0.25, -0.2) is 4.68 Å². The number of nitrogens with zero attached hydrogens (tertiary/aromatic N) is 2. The Morgan fingerprint density at radius 2 is 2.54 bits per heavy atom. The van der Waals surface area contributed by atoms with Crippen LogP contribution in [0.25, 0.3) is 0 Å². The largest absolute Gasteiger partial charge is 0.381 e. The summed E-state index contributed by atoms with van der Waals surface area (Å²) in [5.41, 5.74) is 0. The molecule has 1 atom stereocenters. The molecule has 1 unspecified atom stereocenters. The van der Waals surface area contributed by atoms with Crippen LogP contribution in [0, 0.1) is 4.77 Å². The van der Waals surface area contributed by atoms with Crippen LogP contribution >= 0.6 is 12.2 Å². The lowest BCUT2D eigenvalue weighted by atomic mass is 10.0. The maximum Gasteiger partial charge on any atom is 0.214 e. The van der Waals surface area contributed by atoms with Crippen molar-refractivity contribution in [3.8, 4) is 0 Å². The fourth-order valence-corrected chi connectivity index (χ4v) is 1.69. The molecule has 1 fully saturated rings. The summed E-state index contributed by atoms with van der Waals surface area (Å²) in [7, 11) is 0. The molecule has 1 saturated heterocycles. The molecule has 3 N–H and O–H groups in total. The minimum absolute atomic E-state index is 0.284. The molecule has 1 aromatic heterocycles. The highest BCUT2D eigenvalue weighted by molar-refractivity contribution is 7.71. The zero-order valence-corrected chi connectivity index (χ0v) is 8.01. The summed E-state index contributed by atoms with van der Waals surface area (Å²) in [6, 6.07) is 0. The average Bonchev–Trinajstić information content (AvgIpc) is 2.49. The van der Waals surface area contributed by atoms with Crippen LogP contribution in [0.2, 0.25) is 0 Å². The summed E-state index contributed by atoms with van der Waals surface area (Å²) in [6.07, 6.45) is 2.13. The zero-order chi connectivity index (χ0) is 9.26. The summed E-state index contributed by atoms with van der Waals surface area (Å²) in [4.78, 5) is 0. The minimum atomic E-state index is 0.284. The molecule has 0 aromatic carbocycles. The van der Waals surface area contributed by atoms with Crippen LogP contribution < -0.4 is 5.84 Å². The van der Waals surface area contributed by atoms with Crippen molar-refractivity contribution in [2.24, 2.45) is 0 Å². The van der Waals surface area contributed by atoms with Crippen LogP contribution in [0.3, 0.4) is 0 Å². The van der Waals surface area contributed by atoms with E-state index in [1.54, 1.807) is 0 Å². The molecule has 0 aliphatic carbocycles. The Hall–Kier alpha value is -0.880. The lowest BCUT2D eigenvalue weighted by Gasteiger charge is -2.20. The number of aromatic amines is 1. The van der Waals surface area contributed by atoms with Crippen LogP contribution in [0.1, 0.15) is 24.6 Å². The maximum absolute atomic E-state index is 5.70. The van der Waals surface area contributed by atoms with Gasteiger partial charge in [0.2, 0.25) is 4.77 Å². The van der Waals surface area contributed by atoms with Gasteiger partial charge in [-0.15, -0.1) is 0 Å². The first-order chi connectivity index (χ1) is 6.29. The number of rotatable bonds is 1. The van der Waals surface area contributed by atoms with Crippen molar-refractivity contribution in [3.63, 3.8) is 0 Å². The number of nitrogens with two attached hydrogens (primary N) is 1. The van der Waals surface area contributed by atoms with E-state index in [-0.39, 0.29) is 5.92 Å². The first kappa shape index (κ1) is 8.71. The van der Waals surface area contributed by atoms with Gasteiger partial charge in [0.15, 0.2) is 5.82 Å². The van der Waals surface area contributed by atoms with Gasteiger partial charge < -0.3 is 10.6 Å². The highest BCUT2D eigenvalue weighted by Crippen LogP contribution is 2.22. The number of hydrogen-bond acceptors (Lipinski definition) is 4. The summed E-state index contributed by atoms with van der Waals surface area (Å²) >= 11 is 4.92. The number of aromatic nitrogens is 3. The summed E-state index contributed by atoms with van der Waals surface area (Å²) in [6.45, 7) is 1.53. The highest BCUT2D eigenvalue weighted by atomic mass is 32.1. The molecule has 0 amide bonds. The van der Waals surface area contributed by atoms with E-state index in [1.807, 2.05) is 0 Å². The van der Waals surface area contributed by atoms with Crippen LogP contribution in [0.4, 0.5) is 0 Å². The Kier molecular flexibility index (Phi) is 2.32. The van der Waals surface area contributed by atoms with Gasteiger partial charge in [0, 0.05) is 12.5 Å². The van der Waals surface area contributed by atoms with Gasteiger partial charge in [0.05, 0.1) is 6.61 Å². The van der Waals surface area contributed by atoms with Crippen LogP contribution in [-0.4, -0.2) is 28.1 Å². The second-order valence-electron chi connectivity index (χ2n) is 3.17. The molecular weight excluding hydrogens is 188 g/mol. The SMILES string of the molecule is Nn1c(C2CCCOC2)n[nH]c1=S. The smallest absolute Gasteiger partial charge is 0.214 e. The van der Waals surface area contributed by atoms with Crippen molar-refractivity contribution < 1.29 is 4.74 Å². The van der Waals surface area contributed by atoms with Crippen molar-refractivity contribution >= 4 is 12.2 Å². The quantitative estimate of drug-likeness (QED) is 0.513. The molecule has 13 heavy (non-hydrogen) atoms. The highest BCUT2D eigenvalue weighted by Gasteiger charge is 2.20. The molecule has 0 bridgehead atoms. The molecule has 2 heterocycles. The summed E-state index contributed by atoms with van der Waals surface area (Å²) < 4.78 is 7.23. The van der Waals surface area contributed by atoms with E-state index in [0.29, 0.717) is 11.4 Å². The van der Waals surface area contributed by atoms with E-state index < -0.39 is 0 Å². The third kappa shape index (κ3) is 1.59. The molecule has 1 aliphatic heterocycles. The van der Waals surface area contributed by atoms with Gasteiger partial charge in [-0.3, -0.25) is 5.10 Å². The number of ether oxygens (including phenoxy) is 1. The second kappa shape index (κ2) is 3.47. The molecule has 6 heteroatoms. The topological polar surface area (TPSA) is 68.9 Å². The number of nitrogen functional groups attached to an aromatic ring is 1. The Balaban J connectivity index is 2.23. The lowest BCUT2D eigenvalue weighted by molar-refractivity contribution is 0.0773. The van der Waals surface area contributed by atoms with Gasteiger partial charge in [-0.2, -0.15) is 5.10 Å². The van der Waals surface area contributed by atoms with Gasteiger partial charge in [-0.05, 0) is 25.1 Å². The Morgan fingerprint density at radius 1 is 1.69 bits per heavy atom. The van der Waals surface area contributed by atoms with E-state index in [9.17, 15) is 0 Å². The van der Waals surface area contributed by atoms with Crippen molar-refractivity contribution in [2.45, 2.75) is 18.8 Å². The van der Waals surface area contributed by atoms with E-state index in [4.69, 9.17) is 22.8 Å². The minimum Gasteiger partial charge on any atom is -0.381 e.